The Morgan fingerprint density at radius 1 is 1.50 bits per heavy atom. The number of alkyl halides is 3. The number of aromatic carboxylic acids is 1. The van der Waals surface area contributed by atoms with Gasteiger partial charge in [0.05, 0.1) is 0 Å². The number of rotatable bonds is 4. The van der Waals surface area contributed by atoms with Crippen molar-refractivity contribution in [2.24, 2.45) is 0 Å². The topological polar surface area (TPSA) is 74.7 Å². The highest BCUT2D eigenvalue weighted by molar-refractivity contribution is 7.89. The Hall–Kier alpha value is -1.13. The van der Waals surface area contributed by atoms with E-state index in [-0.39, 0.29) is 4.31 Å². The minimum absolute atomic E-state index is 0.0709. The number of sulfonamides is 1. The molecule has 0 fully saturated rings. The zero-order chi connectivity index (χ0) is 14.1. The Bertz CT molecular complexity index is 549. The van der Waals surface area contributed by atoms with Crippen LogP contribution in [-0.2, 0) is 10.0 Å². The maximum Gasteiger partial charge on any atom is 0.402 e. The van der Waals surface area contributed by atoms with Gasteiger partial charge in [0.25, 0.3) is 0 Å². The van der Waals surface area contributed by atoms with Crippen molar-refractivity contribution < 1.29 is 31.5 Å². The molecule has 1 N–H and O–H groups in total. The average Bonchev–Trinajstić information content (AvgIpc) is 2.63. The van der Waals surface area contributed by atoms with E-state index >= 15 is 0 Å². The summed E-state index contributed by atoms with van der Waals surface area (Å²) in [4.78, 5) is 9.60. The van der Waals surface area contributed by atoms with Gasteiger partial charge in [-0.2, -0.15) is 17.5 Å². The fraction of sp³-hybridized carbons (Fsp3) is 0.375. The molecule has 0 aliphatic carbocycles. The normalized spacial score (nSPS) is 12.9. The Kier molecular flexibility index (Phi) is 4.03. The van der Waals surface area contributed by atoms with E-state index in [0.29, 0.717) is 11.3 Å². The molecule has 0 atom stereocenters. The first kappa shape index (κ1) is 14.9. The van der Waals surface area contributed by atoms with Crippen molar-refractivity contribution in [2.45, 2.75) is 11.1 Å². The molecule has 0 saturated carbocycles. The number of nitrogens with zero attached hydrogens (tertiary/aromatic N) is 1. The van der Waals surface area contributed by atoms with Gasteiger partial charge in [-0.05, 0) is 11.4 Å². The van der Waals surface area contributed by atoms with Crippen molar-refractivity contribution in [1.82, 2.24) is 4.31 Å². The highest BCUT2D eigenvalue weighted by atomic mass is 32.2. The third-order valence-electron chi connectivity index (χ3n) is 1.91. The maximum absolute atomic E-state index is 12.1. The first-order valence-electron chi connectivity index (χ1n) is 4.39. The number of halogens is 3. The van der Waals surface area contributed by atoms with Crippen molar-refractivity contribution in [3.05, 3.63) is 16.3 Å². The fourth-order valence-corrected chi connectivity index (χ4v) is 3.55. The highest BCUT2D eigenvalue weighted by Crippen LogP contribution is 2.26. The standard InChI is InChI=1S/C8H8F3NO4S2/c1-12(4-8(9,10)11)18(15,16)5-2-3-17-6(5)7(13)14/h2-3H,4H2,1H3,(H,13,14). The van der Waals surface area contributed by atoms with Crippen molar-refractivity contribution in [3.8, 4) is 0 Å². The molecule has 1 heterocycles. The van der Waals surface area contributed by atoms with E-state index < -0.39 is 38.5 Å². The number of carboxylic acid groups (broad SMARTS) is 1. The molecule has 10 heteroatoms. The lowest BCUT2D eigenvalue weighted by Crippen LogP contribution is -2.36. The highest BCUT2D eigenvalue weighted by Gasteiger charge is 2.36. The summed E-state index contributed by atoms with van der Waals surface area (Å²) < 4.78 is 60.0. The van der Waals surface area contributed by atoms with Gasteiger partial charge in [-0.25, -0.2) is 13.2 Å². The van der Waals surface area contributed by atoms with Crippen LogP contribution in [0.15, 0.2) is 16.3 Å². The molecule has 18 heavy (non-hydrogen) atoms. The smallest absolute Gasteiger partial charge is 0.402 e. The molecule has 0 unspecified atom stereocenters. The second kappa shape index (κ2) is 4.86. The third kappa shape index (κ3) is 3.21. The van der Waals surface area contributed by atoms with E-state index in [0.717, 1.165) is 13.1 Å². The van der Waals surface area contributed by atoms with Crippen LogP contribution in [0.1, 0.15) is 9.67 Å². The quantitative estimate of drug-likeness (QED) is 0.917. The van der Waals surface area contributed by atoms with Crippen molar-refractivity contribution in [3.63, 3.8) is 0 Å². The molecule has 0 spiro atoms. The molecular weight excluding hydrogens is 295 g/mol. The summed E-state index contributed by atoms with van der Waals surface area (Å²) in [5, 5.41) is 9.93. The first-order chi connectivity index (χ1) is 8.05. The van der Waals surface area contributed by atoms with Gasteiger partial charge in [0, 0.05) is 7.05 Å². The average molecular weight is 303 g/mol. The van der Waals surface area contributed by atoms with Gasteiger partial charge in [-0.1, -0.05) is 0 Å². The summed E-state index contributed by atoms with van der Waals surface area (Å²) in [6.07, 6.45) is -4.69. The van der Waals surface area contributed by atoms with Crippen LogP contribution >= 0.6 is 11.3 Å². The SMILES string of the molecule is CN(CC(F)(F)F)S(=O)(=O)c1ccsc1C(=O)O. The van der Waals surface area contributed by atoms with Crippen LogP contribution in [0.3, 0.4) is 0 Å². The second-order valence-electron chi connectivity index (χ2n) is 3.30. The summed E-state index contributed by atoms with van der Waals surface area (Å²) >= 11 is 0.633. The minimum Gasteiger partial charge on any atom is -0.477 e. The summed E-state index contributed by atoms with van der Waals surface area (Å²) in [6.45, 7) is -1.68. The molecule has 1 rings (SSSR count). The van der Waals surface area contributed by atoms with Gasteiger partial charge in [0.15, 0.2) is 0 Å². The van der Waals surface area contributed by atoms with Gasteiger partial charge >= 0.3 is 12.1 Å². The molecule has 0 aliphatic heterocycles. The summed E-state index contributed by atoms with van der Waals surface area (Å²) in [5.41, 5.74) is 0. The first-order valence-corrected chi connectivity index (χ1v) is 6.71. The molecule has 0 aliphatic rings. The van der Waals surface area contributed by atoms with Crippen molar-refractivity contribution in [1.29, 1.82) is 0 Å². The monoisotopic (exact) mass is 303 g/mol. The van der Waals surface area contributed by atoms with Crippen molar-refractivity contribution >= 4 is 27.3 Å². The number of thiophene rings is 1. The van der Waals surface area contributed by atoms with E-state index in [4.69, 9.17) is 5.11 Å². The number of carbonyl (C=O) groups is 1. The van der Waals surface area contributed by atoms with E-state index in [1.165, 1.54) is 5.38 Å². The van der Waals surface area contributed by atoms with Crippen LogP contribution in [0, 0.1) is 0 Å². The molecule has 1 aromatic heterocycles. The summed E-state index contributed by atoms with van der Waals surface area (Å²) in [6, 6.07) is 0.969. The Labute approximate surface area is 105 Å². The van der Waals surface area contributed by atoms with E-state index in [1.807, 2.05) is 0 Å². The number of carboxylic acids is 1. The van der Waals surface area contributed by atoms with Crippen LogP contribution in [0.4, 0.5) is 13.2 Å². The lowest BCUT2D eigenvalue weighted by atomic mass is 10.5. The molecule has 102 valence electrons. The molecular formula is C8H8F3NO4S2. The number of hydrogen-bond acceptors (Lipinski definition) is 4. The molecule has 0 saturated heterocycles. The van der Waals surface area contributed by atoms with Gasteiger partial charge in [0.1, 0.15) is 16.3 Å². The van der Waals surface area contributed by atoms with Gasteiger partial charge in [-0.15, -0.1) is 11.3 Å². The molecule has 0 amide bonds. The van der Waals surface area contributed by atoms with E-state index in [1.54, 1.807) is 0 Å². The largest absolute Gasteiger partial charge is 0.477 e. The Balaban J connectivity index is 3.14. The van der Waals surface area contributed by atoms with Crippen LogP contribution < -0.4 is 0 Å². The zero-order valence-electron chi connectivity index (χ0n) is 8.93. The minimum atomic E-state index is -4.69. The predicted molar refractivity (Wildman–Crippen MR) is 57.1 cm³/mol. The van der Waals surface area contributed by atoms with Gasteiger partial charge in [0.2, 0.25) is 10.0 Å². The van der Waals surface area contributed by atoms with Crippen LogP contribution in [0.5, 0.6) is 0 Å². The summed E-state index contributed by atoms with van der Waals surface area (Å²) in [7, 11) is -3.72. The zero-order valence-corrected chi connectivity index (χ0v) is 10.6. The second-order valence-corrected chi connectivity index (χ2v) is 6.22. The maximum atomic E-state index is 12.1. The van der Waals surface area contributed by atoms with Crippen molar-refractivity contribution in [2.75, 3.05) is 13.6 Å². The van der Waals surface area contributed by atoms with Gasteiger partial charge in [-0.3, -0.25) is 0 Å². The summed E-state index contributed by atoms with van der Waals surface area (Å²) in [5.74, 6) is -1.50. The fourth-order valence-electron chi connectivity index (χ4n) is 1.16. The third-order valence-corrected chi connectivity index (χ3v) is 4.79. The van der Waals surface area contributed by atoms with Crippen LogP contribution in [0.25, 0.3) is 0 Å². The van der Waals surface area contributed by atoms with Gasteiger partial charge < -0.3 is 5.11 Å². The Morgan fingerprint density at radius 3 is 2.50 bits per heavy atom. The lowest BCUT2D eigenvalue weighted by Gasteiger charge is -2.18. The Morgan fingerprint density at radius 2 is 2.06 bits per heavy atom. The van der Waals surface area contributed by atoms with E-state index in [9.17, 15) is 26.4 Å². The molecule has 0 radical (unpaired) electrons. The molecule has 0 bridgehead atoms. The number of hydrogen-bond donors (Lipinski definition) is 1. The lowest BCUT2D eigenvalue weighted by molar-refractivity contribution is -0.134. The molecule has 1 aromatic rings. The van der Waals surface area contributed by atoms with Crippen LogP contribution in [0.2, 0.25) is 0 Å². The van der Waals surface area contributed by atoms with E-state index in [2.05, 4.69) is 0 Å². The van der Waals surface area contributed by atoms with Crippen LogP contribution in [-0.4, -0.2) is 43.6 Å². The molecule has 0 aromatic carbocycles. The molecule has 5 nitrogen and oxygen atoms in total. The predicted octanol–water partition coefficient (Wildman–Crippen LogP) is 1.63.